The molecule has 0 aliphatic rings. The Bertz CT molecular complexity index is 482. The van der Waals surface area contributed by atoms with Gasteiger partial charge in [0.15, 0.2) is 5.65 Å². The van der Waals surface area contributed by atoms with Gasteiger partial charge in [-0.05, 0) is 11.5 Å². The van der Waals surface area contributed by atoms with Crippen molar-refractivity contribution in [3.63, 3.8) is 0 Å². The van der Waals surface area contributed by atoms with Crippen LogP contribution in [-0.2, 0) is 6.42 Å². The highest BCUT2D eigenvalue weighted by Crippen LogP contribution is 2.20. The summed E-state index contributed by atoms with van der Waals surface area (Å²) in [6, 6.07) is 3.67. The van der Waals surface area contributed by atoms with Crippen molar-refractivity contribution >= 4 is 17.2 Å². The lowest BCUT2D eigenvalue weighted by atomic mass is 9.92. The maximum absolute atomic E-state index is 5.88. The van der Waals surface area contributed by atoms with E-state index in [0.29, 0.717) is 5.02 Å². The van der Waals surface area contributed by atoms with E-state index < -0.39 is 0 Å². The Kier molecular flexibility index (Phi) is 2.43. The summed E-state index contributed by atoms with van der Waals surface area (Å²) in [5.41, 5.74) is 1.02. The van der Waals surface area contributed by atoms with Crippen molar-refractivity contribution in [2.24, 2.45) is 5.41 Å². The zero-order chi connectivity index (χ0) is 11.1. The molecule has 2 heterocycles. The number of rotatable bonds is 1. The molecule has 0 saturated carbocycles. The van der Waals surface area contributed by atoms with E-state index >= 15 is 0 Å². The van der Waals surface area contributed by atoms with Crippen molar-refractivity contribution in [3.05, 3.63) is 29.2 Å². The normalized spacial score (nSPS) is 12.3. The molecule has 80 valence electrons. The summed E-state index contributed by atoms with van der Waals surface area (Å²) in [4.78, 5) is 0. The molecule has 0 aliphatic carbocycles. The van der Waals surface area contributed by atoms with Crippen molar-refractivity contribution in [2.75, 3.05) is 0 Å². The van der Waals surface area contributed by atoms with Gasteiger partial charge in [0, 0.05) is 23.7 Å². The molecular formula is C11H14ClN3. The van der Waals surface area contributed by atoms with Crippen LogP contribution in [0.1, 0.15) is 26.6 Å². The first-order chi connectivity index (χ1) is 6.96. The molecule has 0 aromatic carbocycles. The molecule has 2 rings (SSSR count). The lowest BCUT2D eigenvalue weighted by Gasteiger charge is -2.16. The summed E-state index contributed by atoms with van der Waals surface area (Å²) in [6.45, 7) is 6.55. The highest BCUT2D eigenvalue weighted by molar-refractivity contribution is 6.30. The van der Waals surface area contributed by atoms with Crippen molar-refractivity contribution in [2.45, 2.75) is 27.2 Å². The third-order valence-corrected chi connectivity index (χ3v) is 2.37. The van der Waals surface area contributed by atoms with Crippen LogP contribution in [0.2, 0.25) is 5.02 Å². The second kappa shape index (κ2) is 3.49. The van der Waals surface area contributed by atoms with E-state index in [9.17, 15) is 0 Å². The van der Waals surface area contributed by atoms with Crippen molar-refractivity contribution in [1.29, 1.82) is 0 Å². The van der Waals surface area contributed by atoms with Crippen LogP contribution in [0.3, 0.4) is 0 Å². The number of hydrogen-bond acceptors (Lipinski definition) is 2. The molecule has 2 aromatic heterocycles. The maximum atomic E-state index is 5.88. The molecule has 0 N–H and O–H groups in total. The summed E-state index contributed by atoms with van der Waals surface area (Å²) < 4.78 is 1.98. The van der Waals surface area contributed by atoms with Crippen LogP contribution in [0.25, 0.3) is 5.65 Å². The average Bonchev–Trinajstić information content (AvgIpc) is 2.45. The molecular weight excluding hydrogens is 210 g/mol. The van der Waals surface area contributed by atoms with Crippen LogP contribution < -0.4 is 0 Å². The summed E-state index contributed by atoms with van der Waals surface area (Å²) in [5.74, 6) is 0.981. The molecule has 0 unspecified atom stereocenters. The van der Waals surface area contributed by atoms with Crippen molar-refractivity contribution in [1.82, 2.24) is 14.6 Å². The SMILES string of the molecule is CC(C)(C)Cc1nnc2cc(Cl)ccn12. The highest BCUT2D eigenvalue weighted by Gasteiger charge is 2.15. The molecule has 0 amide bonds. The van der Waals surface area contributed by atoms with Crippen molar-refractivity contribution in [3.8, 4) is 0 Å². The van der Waals surface area contributed by atoms with Gasteiger partial charge in [0.1, 0.15) is 5.82 Å². The van der Waals surface area contributed by atoms with Gasteiger partial charge in [-0.3, -0.25) is 4.40 Å². The van der Waals surface area contributed by atoms with Gasteiger partial charge in [-0.1, -0.05) is 32.4 Å². The largest absolute Gasteiger partial charge is 0.286 e. The average molecular weight is 224 g/mol. The minimum Gasteiger partial charge on any atom is -0.286 e. The summed E-state index contributed by atoms with van der Waals surface area (Å²) in [5, 5.41) is 8.96. The topological polar surface area (TPSA) is 30.2 Å². The number of pyridine rings is 1. The Hall–Kier alpha value is -1.09. The van der Waals surface area contributed by atoms with Crippen LogP contribution in [-0.4, -0.2) is 14.6 Å². The molecule has 15 heavy (non-hydrogen) atoms. The van der Waals surface area contributed by atoms with Gasteiger partial charge in [-0.2, -0.15) is 0 Å². The summed E-state index contributed by atoms with van der Waals surface area (Å²) in [7, 11) is 0. The highest BCUT2D eigenvalue weighted by atomic mass is 35.5. The molecule has 2 aromatic rings. The first kappa shape index (κ1) is 10.4. The summed E-state index contributed by atoms with van der Waals surface area (Å²) in [6.07, 6.45) is 2.81. The molecule has 0 aliphatic heterocycles. The van der Waals surface area contributed by atoms with Crippen LogP contribution in [0.15, 0.2) is 18.3 Å². The predicted molar refractivity (Wildman–Crippen MR) is 61.2 cm³/mol. The van der Waals surface area contributed by atoms with Crippen LogP contribution in [0, 0.1) is 5.41 Å². The van der Waals surface area contributed by atoms with Crippen molar-refractivity contribution < 1.29 is 0 Å². The monoisotopic (exact) mass is 223 g/mol. The van der Waals surface area contributed by atoms with E-state index in [2.05, 4.69) is 31.0 Å². The van der Waals surface area contributed by atoms with Crippen LogP contribution >= 0.6 is 11.6 Å². The van der Waals surface area contributed by atoms with E-state index in [1.807, 2.05) is 22.7 Å². The number of fused-ring (bicyclic) bond motifs is 1. The Morgan fingerprint density at radius 3 is 2.73 bits per heavy atom. The van der Waals surface area contributed by atoms with Crippen LogP contribution in [0.4, 0.5) is 0 Å². The predicted octanol–water partition coefficient (Wildman–Crippen LogP) is 2.97. The number of nitrogens with zero attached hydrogens (tertiary/aromatic N) is 3. The smallest absolute Gasteiger partial charge is 0.162 e. The zero-order valence-electron chi connectivity index (χ0n) is 9.16. The number of hydrogen-bond donors (Lipinski definition) is 0. The van der Waals surface area contributed by atoms with Gasteiger partial charge in [0.05, 0.1) is 0 Å². The molecule has 0 spiro atoms. The molecule has 0 bridgehead atoms. The van der Waals surface area contributed by atoms with Crippen LogP contribution in [0.5, 0.6) is 0 Å². The lowest BCUT2D eigenvalue weighted by Crippen LogP contribution is -2.11. The van der Waals surface area contributed by atoms with E-state index in [-0.39, 0.29) is 5.41 Å². The minimum absolute atomic E-state index is 0.211. The molecule has 0 atom stereocenters. The second-order valence-corrected chi connectivity index (χ2v) is 5.36. The fourth-order valence-electron chi connectivity index (χ4n) is 1.51. The Balaban J connectivity index is 2.45. The lowest BCUT2D eigenvalue weighted by molar-refractivity contribution is 0.399. The molecule has 0 radical (unpaired) electrons. The Morgan fingerprint density at radius 1 is 1.33 bits per heavy atom. The second-order valence-electron chi connectivity index (χ2n) is 4.93. The third kappa shape index (κ3) is 2.29. The van der Waals surface area contributed by atoms with Gasteiger partial charge < -0.3 is 0 Å². The zero-order valence-corrected chi connectivity index (χ0v) is 9.91. The molecule has 4 heteroatoms. The minimum atomic E-state index is 0.211. The standard InChI is InChI=1S/C11H14ClN3/c1-11(2,3)7-10-14-13-9-6-8(12)4-5-15(9)10/h4-6H,7H2,1-3H3. The van der Waals surface area contributed by atoms with E-state index in [4.69, 9.17) is 11.6 Å². The number of halogens is 1. The van der Waals surface area contributed by atoms with Gasteiger partial charge in [0.2, 0.25) is 0 Å². The first-order valence-electron chi connectivity index (χ1n) is 4.95. The van der Waals surface area contributed by atoms with Gasteiger partial charge in [-0.25, -0.2) is 0 Å². The van der Waals surface area contributed by atoms with E-state index in [1.165, 1.54) is 0 Å². The molecule has 0 fully saturated rings. The molecule has 3 nitrogen and oxygen atoms in total. The van der Waals surface area contributed by atoms with E-state index in [1.54, 1.807) is 0 Å². The van der Waals surface area contributed by atoms with E-state index in [0.717, 1.165) is 17.9 Å². The Morgan fingerprint density at radius 2 is 2.07 bits per heavy atom. The van der Waals surface area contributed by atoms with Gasteiger partial charge in [0.25, 0.3) is 0 Å². The quantitative estimate of drug-likeness (QED) is 0.744. The first-order valence-corrected chi connectivity index (χ1v) is 5.33. The fraction of sp³-hybridized carbons (Fsp3) is 0.455. The van der Waals surface area contributed by atoms with Gasteiger partial charge >= 0.3 is 0 Å². The number of aromatic nitrogens is 3. The van der Waals surface area contributed by atoms with Gasteiger partial charge in [-0.15, -0.1) is 10.2 Å². The third-order valence-electron chi connectivity index (χ3n) is 2.13. The maximum Gasteiger partial charge on any atom is 0.162 e. The summed E-state index contributed by atoms with van der Waals surface area (Å²) >= 11 is 5.88. The molecule has 0 saturated heterocycles. The fourth-order valence-corrected chi connectivity index (χ4v) is 1.66. The Labute approximate surface area is 94.1 Å².